The second-order valence-electron chi connectivity index (χ2n) is 8.84. The first-order valence-corrected chi connectivity index (χ1v) is 14.6. The van der Waals surface area contributed by atoms with Gasteiger partial charge in [0.2, 0.25) is 28.6 Å². The van der Waals surface area contributed by atoms with E-state index in [4.69, 9.17) is 21.1 Å². The van der Waals surface area contributed by atoms with Crippen molar-refractivity contribution in [2.45, 2.75) is 52.1 Å². The van der Waals surface area contributed by atoms with Crippen LogP contribution in [0.3, 0.4) is 0 Å². The lowest BCUT2D eigenvalue weighted by Gasteiger charge is -2.31. The van der Waals surface area contributed by atoms with Crippen LogP contribution >= 0.6 is 11.6 Å². The number of hydrogen-bond donors (Lipinski definition) is 1. The Hall–Kier alpha value is -2.98. The molecule has 1 N–H and O–H groups in total. The molecule has 0 radical (unpaired) electrons. The lowest BCUT2D eigenvalue weighted by atomic mass is 10.1. The van der Waals surface area contributed by atoms with Gasteiger partial charge in [0.05, 0.1) is 11.9 Å². The molecular weight excluding hydrogens is 518 g/mol. The second-order valence-corrected chi connectivity index (χ2v) is 11.2. The molecule has 1 aliphatic rings. The monoisotopic (exact) mass is 551 g/mol. The molecule has 0 aliphatic carbocycles. The summed E-state index contributed by atoms with van der Waals surface area (Å²) in [6.07, 6.45) is 2.69. The van der Waals surface area contributed by atoms with E-state index in [1.807, 2.05) is 26.0 Å². The molecule has 0 spiro atoms. The molecule has 2 aromatic rings. The Morgan fingerprint density at radius 1 is 1.08 bits per heavy atom. The first kappa shape index (κ1) is 28.6. The van der Waals surface area contributed by atoms with Crippen molar-refractivity contribution < 1.29 is 27.5 Å². The Balaban J connectivity index is 1.74. The summed E-state index contributed by atoms with van der Waals surface area (Å²) in [4.78, 5) is 27.9. The van der Waals surface area contributed by atoms with Crippen molar-refractivity contribution in [3.63, 3.8) is 0 Å². The smallest absolute Gasteiger partial charge is 0.242 e. The first-order chi connectivity index (χ1) is 17.6. The van der Waals surface area contributed by atoms with E-state index in [9.17, 15) is 18.0 Å². The average Bonchev–Trinajstić information content (AvgIpc) is 3.33. The molecule has 1 atom stereocenters. The van der Waals surface area contributed by atoms with E-state index in [-0.39, 0.29) is 44.5 Å². The van der Waals surface area contributed by atoms with Gasteiger partial charge in [-0.05, 0) is 49.1 Å². The highest BCUT2D eigenvalue weighted by Crippen LogP contribution is 2.36. The fourth-order valence-corrected chi connectivity index (χ4v) is 5.20. The van der Waals surface area contributed by atoms with Gasteiger partial charge in [-0.15, -0.1) is 0 Å². The molecule has 2 amide bonds. The normalized spacial score (nSPS) is 13.2. The summed E-state index contributed by atoms with van der Waals surface area (Å²) in [5, 5.41) is 3.47. The quantitative estimate of drug-likeness (QED) is 0.404. The fraction of sp³-hybridized carbons (Fsp3) is 0.462. The number of carbonyl (C=O) groups is 2. The Labute approximate surface area is 223 Å². The Morgan fingerprint density at radius 2 is 1.78 bits per heavy atom. The van der Waals surface area contributed by atoms with Crippen LogP contribution < -0.4 is 19.1 Å². The van der Waals surface area contributed by atoms with Crippen molar-refractivity contribution in [3.8, 4) is 11.5 Å². The summed E-state index contributed by atoms with van der Waals surface area (Å²) in [6.45, 7) is 4.77. The maximum atomic E-state index is 13.4. The van der Waals surface area contributed by atoms with Gasteiger partial charge in [0.15, 0.2) is 11.5 Å². The van der Waals surface area contributed by atoms with E-state index in [1.165, 1.54) is 4.31 Å². The predicted octanol–water partition coefficient (Wildman–Crippen LogP) is 3.95. The Kier molecular flexibility index (Phi) is 10.0. The molecule has 0 unspecified atom stereocenters. The standard InChI is InChI=1S/C26H34ClN3O6S/c1-4-14-28-26(32)22(5-2)29(17-19-8-10-20(27)11-9-19)25(31)7-6-15-30(37(3,33)34)21-12-13-23-24(16-21)36-18-35-23/h8-13,16,22H,4-7,14-15,17-18H2,1-3H3,(H,28,32)/t22-/m0/s1. The summed E-state index contributed by atoms with van der Waals surface area (Å²) in [5.74, 6) is 0.592. The number of carbonyl (C=O) groups excluding carboxylic acids is 2. The summed E-state index contributed by atoms with van der Waals surface area (Å²) in [5.41, 5.74) is 1.28. The molecular formula is C26H34ClN3O6S. The van der Waals surface area contributed by atoms with E-state index in [0.29, 0.717) is 35.2 Å². The van der Waals surface area contributed by atoms with Crippen molar-refractivity contribution >= 4 is 39.1 Å². The molecule has 37 heavy (non-hydrogen) atoms. The van der Waals surface area contributed by atoms with Crippen LogP contribution in [0.25, 0.3) is 0 Å². The molecule has 0 saturated heterocycles. The zero-order valence-corrected chi connectivity index (χ0v) is 23.0. The summed E-state index contributed by atoms with van der Waals surface area (Å²) >= 11 is 6.01. The zero-order chi connectivity index (χ0) is 27.0. The maximum absolute atomic E-state index is 13.4. The molecule has 2 aromatic carbocycles. The van der Waals surface area contributed by atoms with E-state index >= 15 is 0 Å². The van der Waals surface area contributed by atoms with Crippen LogP contribution in [0.5, 0.6) is 11.5 Å². The van der Waals surface area contributed by atoms with Gasteiger partial charge >= 0.3 is 0 Å². The van der Waals surface area contributed by atoms with E-state index in [1.54, 1.807) is 35.2 Å². The highest BCUT2D eigenvalue weighted by molar-refractivity contribution is 7.92. The van der Waals surface area contributed by atoms with Gasteiger partial charge in [0, 0.05) is 37.1 Å². The van der Waals surface area contributed by atoms with Crippen molar-refractivity contribution in [1.29, 1.82) is 0 Å². The van der Waals surface area contributed by atoms with E-state index < -0.39 is 16.1 Å². The molecule has 11 heteroatoms. The van der Waals surface area contributed by atoms with Crippen LogP contribution in [0, 0.1) is 0 Å². The minimum Gasteiger partial charge on any atom is -0.454 e. The van der Waals surface area contributed by atoms with Crippen LogP contribution in [0.4, 0.5) is 5.69 Å². The number of sulfonamides is 1. The van der Waals surface area contributed by atoms with Gasteiger partial charge < -0.3 is 19.7 Å². The van der Waals surface area contributed by atoms with Crippen molar-refractivity contribution in [3.05, 3.63) is 53.1 Å². The van der Waals surface area contributed by atoms with Gasteiger partial charge in [-0.2, -0.15) is 0 Å². The molecule has 0 bridgehead atoms. The highest BCUT2D eigenvalue weighted by atomic mass is 35.5. The lowest BCUT2D eigenvalue weighted by molar-refractivity contribution is -0.141. The molecule has 3 rings (SSSR count). The minimum absolute atomic E-state index is 0.0712. The molecule has 202 valence electrons. The van der Waals surface area contributed by atoms with Crippen molar-refractivity contribution in [2.24, 2.45) is 0 Å². The maximum Gasteiger partial charge on any atom is 0.242 e. The van der Waals surface area contributed by atoms with Crippen LogP contribution in [0.1, 0.15) is 45.1 Å². The number of hydrogen-bond acceptors (Lipinski definition) is 6. The fourth-order valence-electron chi connectivity index (χ4n) is 4.12. The third kappa shape index (κ3) is 7.75. The number of ether oxygens (including phenoxy) is 2. The number of nitrogens with one attached hydrogen (secondary N) is 1. The van der Waals surface area contributed by atoms with Crippen LogP contribution in [-0.2, 0) is 26.2 Å². The average molecular weight is 552 g/mol. The largest absolute Gasteiger partial charge is 0.454 e. The molecule has 1 aliphatic heterocycles. The van der Waals surface area contributed by atoms with Crippen LogP contribution in [0.15, 0.2) is 42.5 Å². The van der Waals surface area contributed by atoms with Gasteiger partial charge in [-0.3, -0.25) is 13.9 Å². The molecule has 0 saturated carbocycles. The van der Waals surface area contributed by atoms with E-state index in [2.05, 4.69) is 5.32 Å². The topological polar surface area (TPSA) is 105 Å². The molecule has 0 aromatic heterocycles. The van der Waals surface area contributed by atoms with Gasteiger partial charge in [-0.25, -0.2) is 8.42 Å². The first-order valence-electron chi connectivity index (χ1n) is 12.3. The van der Waals surface area contributed by atoms with Gasteiger partial charge in [0.1, 0.15) is 6.04 Å². The number of halogens is 1. The van der Waals surface area contributed by atoms with Crippen LogP contribution in [-0.4, -0.2) is 57.3 Å². The summed E-state index contributed by atoms with van der Waals surface area (Å²) in [7, 11) is -3.62. The number of amides is 2. The second kappa shape index (κ2) is 13.0. The predicted molar refractivity (Wildman–Crippen MR) is 143 cm³/mol. The molecule has 0 fully saturated rings. The third-order valence-corrected chi connectivity index (χ3v) is 7.44. The van der Waals surface area contributed by atoms with Crippen molar-refractivity contribution in [1.82, 2.24) is 10.2 Å². The van der Waals surface area contributed by atoms with Crippen molar-refractivity contribution in [2.75, 3.05) is 30.4 Å². The molecule has 9 nitrogen and oxygen atoms in total. The number of benzene rings is 2. The number of anilines is 1. The van der Waals surface area contributed by atoms with Gasteiger partial charge in [-0.1, -0.05) is 37.6 Å². The summed E-state index contributed by atoms with van der Waals surface area (Å²) < 4.78 is 37.0. The lowest BCUT2D eigenvalue weighted by Crippen LogP contribution is -2.49. The number of fused-ring (bicyclic) bond motifs is 1. The Morgan fingerprint density at radius 3 is 2.43 bits per heavy atom. The number of nitrogens with zero attached hydrogens (tertiary/aromatic N) is 2. The van der Waals surface area contributed by atoms with Gasteiger partial charge in [0.25, 0.3) is 0 Å². The minimum atomic E-state index is -3.62. The number of rotatable bonds is 13. The Bertz CT molecular complexity index is 1190. The molecule has 1 heterocycles. The SMILES string of the molecule is CCCNC(=O)[C@H](CC)N(Cc1ccc(Cl)cc1)C(=O)CCCN(c1ccc2c(c1)OCO2)S(C)(=O)=O. The zero-order valence-electron chi connectivity index (χ0n) is 21.4. The van der Waals surface area contributed by atoms with E-state index in [0.717, 1.165) is 18.2 Å². The summed E-state index contributed by atoms with van der Waals surface area (Å²) in [6, 6.07) is 11.4. The van der Waals surface area contributed by atoms with Crippen LogP contribution in [0.2, 0.25) is 5.02 Å². The highest BCUT2D eigenvalue weighted by Gasteiger charge is 2.29. The third-order valence-electron chi connectivity index (χ3n) is 6.00.